The van der Waals surface area contributed by atoms with E-state index in [2.05, 4.69) is 19.9 Å². The van der Waals surface area contributed by atoms with Crippen LogP contribution >= 0.6 is 0 Å². The number of nitrogen functional groups attached to an aromatic ring is 1. The van der Waals surface area contributed by atoms with Crippen LogP contribution < -0.4 is 10.5 Å². The van der Waals surface area contributed by atoms with Crippen LogP contribution in [0.3, 0.4) is 0 Å². The Balaban J connectivity index is 2.12. The van der Waals surface area contributed by atoms with E-state index in [1.807, 2.05) is 25.1 Å². The molecule has 0 radical (unpaired) electrons. The molecule has 20 heavy (non-hydrogen) atoms. The maximum Gasteiger partial charge on any atom is 0.222 e. The van der Waals surface area contributed by atoms with E-state index in [1.54, 1.807) is 19.5 Å². The number of pyridine rings is 2. The molecule has 0 aliphatic rings. The van der Waals surface area contributed by atoms with Crippen molar-refractivity contribution >= 4 is 17.0 Å². The van der Waals surface area contributed by atoms with Gasteiger partial charge in [-0.15, -0.1) is 0 Å². The molecule has 100 valence electrons. The SMILES string of the molecule is COc1ccc(-c2cnc3nc(N)nc(C)c3c2)cn1. The molecule has 0 saturated heterocycles. The first kappa shape index (κ1) is 12.3. The monoisotopic (exact) mass is 267 g/mol. The molecule has 0 fully saturated rings. The molecule has 0 aliphatic heterocycles. The van der Waals surface area contributed by atoms with Gasteiger partial charge in [0.2, 0.25) is 11.8 Å². The minimum absolute atomic E-state index is 0.237. The fourth-order valence-corrected chi connectivity index (χ4v) is 2.01. The van der Waals surface area contributed by atoms with Crippen molar-refractivity contribution in [3.8, 4) is 17.0 Å². The normalized spacial score (nSPS) is 10.7. The number of fused-ring (bicyclic) bond motifs is 1. The van der Waals surface area contributed by atoms with Crippen molar-refractivity contribution in [2.24, 2.45) is 0 Å². The van der Waals surface area contributed by atoms with Crippen LogP contribution in [0.5, 0.6) is 5.88 Å². The minimum atomic E-state index is 0.237. The summed E-state index contributed by atoms with van der Waals surface area (Å²) in [4.78, 5) is 16.8. The third kappa shape index (κ3) is 2.11. The van der Waals surface area contributed by atoms with E-state index in [9.17, 15) is 0 Å². The number of nitrogens with two attached hydrogens (primary N) is 1. The summed E-state index contributed by atoms with van der Waals surface area (Å²) in [5.41, 5.74) is 8.93. The molecule has 0 unspecified atom stereocenters. The first-order valence-corrected chi connectivity index (χ1v) is 6.07. The van der Waals surface area contributed by atoms with Gasteiger partial charge in [0.05, 0.1) is 12.8 Å². The number of hydrogen-bond donors (Lipinski definition) is 1. The van der Waals surface area contributed by atoms with Crippen molar-refractivity contribution in [2.45, 2.75) is 6.92 Å². The Morgan fingerprint density at radius 3 is 2.55 bits per heavy atom. The molecule has 0 saturated carbocycles. The zero-order chi connectivity index (χ0) is 14.1. The summed E-state index contributed by atoms with van der Waals surface area (Å²) in [6.45, 7) is 1.89. The van der Waals surface area contributed by atoms with Gasteiger partial charge >= 0.3 is 0 Å². The Kier molecular flexibility index (Phi) is 2.90. The Bertz CT molecular complexity index is 770. The van der Waals surface area contributed by atoms with Crippen molar-refractivity contribution in [1.29, 1.82) is 0 Å². The standard InChI is InChI=1S/C14H13N5O/c1-8-11-5-10(7-17-13(11)19-14(15)18-8)9-3-4-12(20-2)16-6-9/h3-7H,1-2H3,(H2,15,17,18,19). The molecular formula is C14H13N5O. The summed E-state index contributed by atoms with van der Waals surface area (Å²) in [6, 6.07) is 5.73. The van der Waals surface area contributed by atoms with Crippen LogP contribution in [0.15, 0.2) is 30.6 Å². The maximum absolute atomic E-state index is 5.62. The van der Waals surface area contributed by atoms with Gasteiger partial charge in [-0.25, -0.2) is 15.0 Å². The highest BCUT2D eigenvalue weighted by atomic mass is 16.5. The Morgan fingerprint density at radius 2 is 1.85 bits per heavy atom. The number of nitrogens with zero attached hydrogens (tertiary/aromatic N) is 4. The number of aryl methyl sites for hydroxylation is 1. The number of anilines is 1. The Labute approximate surface area is 115 Å². The molecule has 0 atom stereocenters. The summed E-state index contributed by atoms with van der Waals surface area (Å²) < 4.78 is 5.05. The minimum Gasteiger partial charge on any atom is -0.481 e. The van der Waals surface area contributed by atoms with Gasteiger partial charge in [-0.05, 0) is 19.1 Å². The molecule has 3 rings (SSSR count). The van der Waals surface area contributed by atoms with Crippen LogP contribution in [-0.4, -0.2) is 27.0 Å². The lowest BCUT2D eigenvalue weighted by Gasteiger charge is -2.06. The van der Waals surface area contributed by atoms with Gasteiger partial charge in [0.15, 0.2) is 5.65 Å². The second-order valence-electron chi connectivity index (χ2n) is 4.35. The maximum atomic E-state index is 5.62. The van der Waals surface area contributed by atoms with Gasteiger partial charge in [-0.1, -0.05) is 0 Å². The molecular weight excluding hydrogens is 254 g/mol. The fourth-order valence-electron chi connectivity index (χ4n) is 2.01. The zero-order valence-corrected chi connectivity index (χ0v) is 11.2. The average Bonchev–Trinajstić information content (AvgIpc) is 2.47. The molecule has 6 heteroatoms. The average molecular weight is 267 g/mol. The number of ether oxygens (including phenoxy) is 1. The summed E-state index contributed by atoms with van der Waals surface area (Å²) in [7, 11) is 1.59. The zero-order valence-electron chi connectivity index (χ0n) is 11.2. The predicted molar refractivity (Wildman–Crippen MR) is 76.3 cm³/mol. The highest BCUT2D eigenvalue weighted by molar-refractivity contribution is 5.83. The highest BCUT2D eigenvalue weighted by Crippen LogP contribution is 2.24. The second kappa shape index (κ2) is 4.73. The Morgan fingerprint density at radius 1 is 1.05 bits per heavy atom. The highest BCUT2D eigenvalue weighted by Gasteiger charge is 2.07. The summed E-state index contributed by atoms with van der Waals surface area (Å²) in [5, 5.41) is 0.882. The lowest BCUT2D eigenvalue weighted by molar-refractivity contribution is 0.398. The molecule has 3 heterocycles. The van der Waals surface area contributed by atoms with Crippen LogP contribution in [0.1, 0.15) is 5.69 Å². The van der Waals surface area contributed by atoms with Crippen molar-refractivity contribution < 1.29 is 4.74 Å². The van der Waals surface area contributed by atoms with E-state index in [0.29, 0.717) is 11.5 Å². The Hall–Kier alpha value is -2.76. The second-order valence-corrected chi connectivity index (χ2v) is 4.35. The van der Waals surface area contributed by atoms with E-state index in [4.69, 9.17) is 10.5 Å². The van der Waals surface area contributed by atoms with Crippen molar-refractivity contribution in [1.82, 2.24) is 19.9 Å². The lowest BCUT2D eigenvalue weighted by atomic mass is 10.1. The van der Waals surface area contributed by atoms with Gasteiger partial charge in [0.1, 0.15) is 0 Å². The smallest absolute Gasteiger partial charge is 0.222 e. The van der Waals surface area contributed by atoms with E-state index >= 15 is 0 Å². The number of aromatic nitrogens is 4. The third-order valence-corrected chi connectivity index (χ3v) is 3.04. The molecule has 3 aromatic rings. The van der Waals surface area contributed by atoms with Gasteiger partial charge in [0, 0.05) is 35.0 Å². The summed E-state index contributed by atoms with van der Waals surface area (Å²) in [5.74, 6) is 0.816. The molecule has 3 aromatic heterocycles. The first-order chi connectivity index (χ1) is 9.67. The molecule has 6 nitrogen and oxygen atoms in total. The van der Waals surface area contributed by atoms with Crippen LogP contribution in [0.25, 0.3) is 22.2 Å². The third-order valence-electron chi connectivity index (χ3n) is 3.04. The molecule has 0 spiro atoms. The number of rotatable bonds is 2. The van der Waals surface area contributed by atoms with Gasteiger partial charge in [-0.2, -0.15) is 4.98 Å². The van der Waals surface area contributed by atoms with Gasteiger partial charge < -0.3 is 10.5 Å². The summed E-state index contributed by atoms with van der Waals surface area (Å²) >= 11 is 0. The lowest BCUT2D eigenvalue weighted by Crippen LogP contribution is -1.99. The van der Waals surface area contributed by atoms with E-state index in [1.165, 1.54) is 0 Å². The fraction of sp³-hybridized carbons (Fsp3) is 0.143. The van der Waals surface area contributed by atoms with E-state index in [-0.39, 0.29) is 5.95 Å². The molecule has 2 N–H and O–H groups in total. The van der Waals surface area contributed by atoms with Gasteiger partial charge in [0.25, 0.3) is 0 Å². The van der Waals surface area contributed by atoms with E-state index < -0.39 is 0 Å². The molecule has 0 bridgehead atoms. The van der Waals surface area contributed by atoms with Crippen LogP contribution in [0, 0.1) is 6.92 Å². The van der Waals surface area contributed by atoms with Gasteiger partial charge in [-0.3, -0.25) is 0 Å². The summed E-state index contributed by atoms with van der Waals surface area (Å²) in [6.07, 6.45) is 3.49. The van der Waals surface area contributed by atoms with Crippen molar-refractivity contribution in [2.75, 3.05) is 12.8 Å². The van der Waals surface area contributed by atoms with Crippen LogP contribution in [-0.2, 0) is 0 Å². The largest absolute Gasteiger partial charge is 0.481 e. The topological polar surface area (TPSA) is 86.8 Å². The first-order valence-electron chi connectivity index (χ1n) is 6.07. The quantitative estimate of drug-likeness (QED) is 0.764. The predicted octanol–water partition coefficient (Wildman–Crippen LogP) is 1.99. The molecule has 0 aromatic carbocycles. The molecule has 0 aliphatic carbocycles. The van der Waals surface area contributed by atoms with Crippen molar-refractivity contribution in [3.63, 3.8) is 0 Å². The van der Waals surface area contributed by atoms with Crippen LogP contribution in [0.2, 0.25) is 0 Å². The molecule has 0 amide bonds. The van der Waals surface area contributed by atoms with Crippen LogP contribution in [0.4, 0.5) is 5.95 Å². The van der Waals surface area contributed by atoms with Crippen molar-refractivity contribution in [3.05, 3.63) is 36.3 Å². The van der Waals surface area contributed by atoms with E-state index in [0.717, 1.165) is 22.2 Å². The number of hydrogen-bond acceptors (Lipinski definition) is 6. The number of methoxy groups -OCH3 is 1.